The first-order valence-electron chi connectivity index (χ1n) is 7.50. The molecule has 4 rings (SSSR count). The molecule has 0 bridgehead atoms. The van der Waals surface area contributed by atoms with Crippen LogP contribution in [0.1, 0.15) is 16.6 Å². The van der Waals surface area contributed by atoms with Gasteiger partial charge in [-0.15, -0.1) is 11.8 Å². The van der Waals surface area contributed by atoms with Gasteiger partial charge in [-0.3, -0.25) is 4.98 Å². The summed E-state index contributed by atoms with van der Waals surface area (Å²) in [6.45, 7) is 0. The van der Waals surface area contributed by atoms with Crippen LogP contribution in [0, 0.1) is 23.2 Å². The zero-order valence-corrected chi connectivity index (χ0v) is 13.8. The van der Waals surface area contributed by atoms with Crippen LogP contribution in [0.2, 0.25) is 0 Å². The first kappa shape index (κ1) is 15.2. The molecule has 1 aliphatic rings. The van der Waals surface area contributed by atoms with Gasteiger partial charge in [0.1, 0.15) is 11.3 Å². The van der Waals surface area contributed by atoms with Crippen molar-refractivity contribution in [2.75, 3.05) is 5.73 Å². The highest BCUT2D eigenvalue weighted by atomic mass is 32.2. The number of rotatable bonds is 2. The maximum atomic E-state index is 9.28. The molecule has 0 saturated heterocycles. The quantitative estimate of drug-likeness (QED) is 0.718. The van der Waals surface area contributed by atoms with E-state index in [2.05, 4.69) is 26.8 Å². The van der Waals surface area contributed by atoms with Crippen molar-refractivity contribution < 1.29 is 0 Å². The predicted octanol–water partition coefficient (Wildman–Crippen LogP) is 3.45. The topological polar surface area (TPSA) is 88.5 Å². The van der Waals surface area contributed by atoms with Crippen LogP contribution in [0.3, 0.4) is 0 Å². The number of fused-ring (bicyclic) bond motifs is 1. The smallest absolute Gasteiger partial charge is 0.183 e. The molecule has 0 saturated carbocycles. The van der Waals surface area contributed by atoms with Crippen LogP contribution in [0.25, 0.3) is 22.2 Å². The molecule has 0 aliphatic carbocycles. The highest BCUT2D eigenvalue weighted by Crippen LogP contribution is 2.36. The van der Waals surface area contributed by atoms with Crippen molar-refractivity contribution in [3.8, 4) is 29.2 Å². The monoisotopic (exact) mass is 341 g/mol. The number of aromatic nitrogens is 3. The van der Waals surface area contributed by atoms with Crippen LogP contribution in [0.5, 0.6) is 0 Å². The predicted molar refractivity (Wildman–Crippen MR) is 99.1 cm³/mol. The van der Waals surface area contributed by atoms with Crippen molar-refractivity contribution in [3.05, 3.63) is 59.4 Å². The molecule has 2 N–H and O–H groups in total. The molecular formula is C19H11N5S. The lowest BCUT2D eigenvalue weighted by Crippen LogP contribution is -2.08. The molecule has 1 atom stereocenters. The van der Waals surface area contributed by atoms with Gasteiger partial charge < -0.3 is 5.73 Å². The zero-order chi connectivity index (χ0) is 17.2. The minimum absolute atomic E-state index is 0.120. The number of hydrogen-bond donors (Lipinski definition) is 1. The Bertz CT molecular complexity index is 1120. The summed E-state index contributed by atoms with van der Waals surface area (Å²) in [5, 5.41) is 12.0. The molecule has 2 aromatic heterocycles. The van der Waals surface area contributed by atoms with Crippen molar-refractivity contribution in [2.45, 2.75) is 5.25 Å². The number of nitrogens with two attached hydrogens (primary N) is 1. The highest BCUT2D eigenvalue weighted by molar-refractivity contribution is 8.02. The first-order chi connectivity index (χ1) is 12.3. The number of anilines is 1. The first-order valence-corrected chi connectivity index (χ1v) is 8.45. The van der Waals surface area contributed by atoms with Gasteiger partial charge in [-0.2, -0.15) is 5.26 Å². The Morgan fingerprint density at radius 1 is 1.24 bits per heavy atom. The Labute approximate surface area is 148 Å². The summed E-state index contributed by atoms with van der Waals surface area (Å²) in [6, 6.07) is 11.7. The molecule has 5 nitrogen and oxygen atoms in total. The molecule has 6 heteroatoms. The fraction of sp³-hybridized carbons (Fsp3) is 0.0526. The van der Waals surface area contributed by atoms with Gasteiger partial charge >= 0.3 is 0 Å². The molecule has 25 heavy (non-hydrogen) atoms. The van der Waals surface area contributed by atoms with Crippen LogP contribution >= 0.6 is 11.8 Å². The summed E-state index contributed by atoms with van der Waals surface area (Å²) < 4.78 is 0. The van der Waals surface area contributed by atoms with Gasteiger partial charge in [-0.25, -0.2) is 9.97 Å². The van der Waals surface area contributed by atoms with Crippen LogP contribution in [-0.2, 0) is 0 Å². The van der Waals surface area contributed by atoms with Gasteiger partial charge in [0.25, 0.3) is 0 Å². The summed E-state index contributed by atoms with van der Waals surface area (Å²) in [5.74, 6) is 6.20. The largest absolute Gasteiger partial charge is 0.381 e. The molecule has 0 amide bonds. The van der Waals surface area contributed by atoms with Crippen molar-refractivity contribution in [1.82, 2.24) is 15.0 Å². The van der Waals surface area contributed by atoms with Gasteiger partial charge in [-0.05, 0) is 29.7 Å². The average molecular weight is 341 g/mol. The van der Waals surface area contributed by atoms with Crippen molar-refractivity contribution >= 4 is 28.5 Å². The number of benzene rings is 1. The second-order valence-electron chi connectivity index (χ2n) is 5.32. The summed E-state index contributed by atoms with van der Waals surface area (Å²) in [6.07, 6.45) is 3.55. The normalized spacial score (nSPS) is 15.4. The van der Waals surface area contributed by atoms with E-state index >= 15 is 0 Å². The van der Waals surface area contributed by atoms with Gasteiger partial charge in [-0.1, -0.05) is 24.0 Å². The Hall–Kier alpha value is -3.35. The highest BCUT2D eigenvalue weighted by Gasteiger charge is 2.21. The van der Waals surface area contributed by atoms with E-state index in [1.54, 1.807) is 24.0 Å². The second-order valence-corrected chi connectivity index (χ2v) is 6.34. The van der Waals surface area contributed by atoms with E-state index in [0.717, 1.165) is 16.5 Å². The number of allylic oxidation sites excluding steroid dienone is 1. The van der Waals surface area contributed by atoms with E-state index in [1.165, 1.54) is 0 Å². The molecule has 0 radical (unpaired) electrons. The SMILES string of the molecule is N#Cc1nc(-c2ccc3ncccc3c2)c(C2C#CC=CS2)nc1N. The summed E-state index contributed by atoms with van der Waals surface area (Å²) in [7, 11) is 0. The van der Waals surface area contributed by atoms with Crippen molar-refractivity contribution in [1.29, 1.82) is 5.26 Å². The number of nitrogen functional groups attached to an aromatic ring is 1. The summed E-state index contributed by atoms with van der Waals surface area (Å²) in [4.78, 5) is 13.2. The van der Waals surface area contributed by atoms with Crippen LogP contribution in [-0.4, -0.2) is 15.0 Å². The fourth-order valence-electron chi connectivity index (χ4n) is 2.60. The van der Waals surface area contributed by atoms with Gasteiger partial charge in [0.2, 0.25) is 0 Å². The van der Waals surface area contributed by atoms with E-state index in [4.69, 9.17) is 5.73 Å². The van der Waals surface area contributed by atoms with E-state index < -0.39 is 0 Å². The number of nitriles is 1. The lowest BCUT2D eigenvalue weighted by molar-refractivity contribution is 1.06. The third kappa shape index (κ3) is 2.80. The Morgan fingerprint density at radius 2 is 2.16 bits per heavy atom. The Kier molecular flexibility index (Phi) is 3.81. The average Bonchev–Trinajstić information content (AvgIpc) is 2.68. The standard InChI is InChI=1S/C19H11N5S/c20-11-15-19(21)24-18(16-5-1-2-9-25-16)17(23-15)13-6-7-14-12(10-13)4-3-8-22-14/h2-4,6-10,16H,(H2,21,24). The summed E-state index contributed by atoms with van der Waals surface area (Å²) in [5.41, 5.74) is 9.06. The van der Waals surface area contributed by atoms with Crippen molar-refractivity contribution in [2.24, 2.45) is 0 Å². The molecule has 1 unspecified atom stereocenters. The number of pyridine rings is 1. The van der Waals surface area contributed by atoms with Crippen LogP contribution in [0.15, 0.2) is 48.0 Å². The van der Waals surface area contributed by atoms with Gasteiger partial charge in [0, 0.05) is 17.1 Å². The van der Waals surface area contributed by atoms with Gasteiger partial charge in [0.05, 0.1) is 16.9 Å². The van der Waals surface area contributed by atoms with Crippen LogP contribution < -0.4 is 5.73 Å². The Morgan fingerprint density at radius 3 is 2.96 bits per heavy atom. The molecular weight excluding hydrogens is 330 g/mol. The molecule has 1 aromatic carbocycles. The zero-order valence-electron chi connectivity index (χ0n) is 13.0. The minimum Gasteiger partial charge on any atom is -0.381 e. The lowest BCUT2D eigenvalue weighted by atomic mass is 10.0. The Balaban J connectivity index is 1.94. The molecule has 3 aromatic rings. The van der Waals surface area contributed by atoms with Crippen LogP contribution in [0.4, 0.5) is 5.82 Å². The fourth-order valence-corrected chi connectivity index (χ4v) is 3.34. The lowest BCUT2D eigenvalue weighted by Gasteiger charge is -2.15. The molecule has 118 valence electrons. The molecule has 0 fully saturated rings. The third-order valence-corrected chi connectivity index (χ3v) is 4.67. The molecule has 0 spiro atoms. The molecule has 3 heterocycles. The maximum Gasteiger partial charge on any atom is 0.183 e. The maximum absolute atomic E-state index is 9.28. The summed E-state index contributed by atoms with van der Waals surface area (Å²) >= 11 is 1.54. The second kappa shape index (κ2) is 6.27. The van der Waals surface area contributed by atoms with Crippen molar-refractivity contribution in [3.63, 3.8) is 0 Å². The van der Waals surface area contributed by atoms with Gasteiger partial charge in [0.15, 0.2) is 11.5 Å². The third-order valence-electron chi connectivity index (χ3n) is 3.76. The van der Waals surface area contributed by atoms with E-state index in [0.29, 0.717) is 11.4 Å². The van der Waals surface area contributed by atoms with E-state index in [9.17, 15) is 5.26 Å². The van der Waals surface area contributed by atoms with E-state index in [1.807, 2.05) is 41.8 Å². The number of hydrogen-bond acceptors (Lipinski definition) is 6. The number of nitrogens with zero attached hydrogens (tertiary/aromatic N) is 4. The number of thioether (sulfide) groups is 1. The minimum atomic E-state index is -0.174. The van der Waals surface area contributed by atoms with E-state index in [-0.39, 0.29) is 16.8 Å². The molecule has 1 aliphatic heterocycles.